The van der Waals surface area contributed by atoms with Crippen molar-refractivity contribution in [3.8, 4) is 0 Å². The Kier molecular flexibility index (Phi) is 5.34. The smallest absolute Gasteiger partial charge is 0.123 e. The fourth-order valence-electron chi connectivity index (χ4n) is 3.11. The van der Waals surface area contributed by atoms with Gasteiger partial charge < -0.3 is 10.4 Å². The van der Waals surface area contributed by atoms with Crippen molar-refractivity contribution in [2.75, 3.05) is 6.61 Å². The van der Waals surface area contributed by atoms with Crippen molar-refractivity contribution in [1.82, 2.24) is 5.32 Å². The topological polar surface area (TPSA) is 32.3 Å². The van der Waals surface area contributed by atoms with Crippen molar-refractivity contribution in [2.45, 2.75) is 57.0 Å². The van der Waals surface area contributed by atoms with Crippen LogP contribution in [0.2, 0.25) is 0 Å². The summed E-state index contributed by atoms with van der Waals surface area (Å²) in [4.78, 5) is 0. The zero-order chi connectivity index (χ0) is 13.7. The van der Waals surface area contributed by atoms with Crippen molar-refractivity contribution >= 4 is 0 Å². The van der Waals surface area contributed by atoms with Gasteiger partial charge in [-0.3, -0.25) is 0 Å². The number of rotatable bonds is 6. The molecule has 106 valence electrons. The number of aliphatic hydroxyl groups excluding tert-OH is 1. The van der Waals surface area contributed by atoms with E-state index < -0.39 is 0 Å². The van der Waals surface area contributed by atoms with Gasteiger partial charge in [0.05, 0.1) is 0 Å². The Hall–Kier alpha value is -0.930. The molecule has 1 saturated carbocycles. The average Bonchev–Trinajstić information content (AvgIpc) is 2.85. The summed E-state index contributed by atoms with van der Waals surface area (Å²) in [7, 11) is 0. The molecule has 1 aliphatic rings. The van der Waals surface area contributed by atoms with E-state index in [0.29, 0.717) is 18.0 Å². The number of hydrogen-bond acceptors (Lipinski definition) is 2. The van der Waals surface area contributed by atoms with E-state index >= 15 is 0 Å². The van der Waals surface area contributed by atoms with Crippen molar-refractivity contribution < 1.29 is 9.50 Å². The summed E-state index contributed by atoms with van der Waals surface area (Å²) < 4.78 is 13.0. The largest absolute Gasteiger partial charge is 0.396 e. The van der Waals surface area contributed by atoms with Gasteiger partial charge in [0.25, 0.3) is 0 Å². The van der Waals surface area contributed by atoms with Crippen molar-refractivity contribution in [3.05, 3.63) is 35.6 Å². The lowest BCUT2D eigenvalue weighted by molar-refractivity contribution is 0.272. The van der Waals surface area contributed by atoms with Crippen LogP contribution in [0.5, 0.6) is 0 Å². The van der Waals surface area contributed by atoms with E-state index in [1.807, 2.05) is 12.1 Å². The molecule has 0 radical (unpaired) electrons. The van der Waals surface area contributed by atoms with E-state index in [4.69, 9.17) is 5.11 Å². The third-order valence-electron chi connectivity index (χ3n) is 4.11. The maximum atomic E-state index is 13.0. The molecule has 2 rings (SSSR count). The van der Waals surface area contributed by atoms with Crippen molar-refractivity contribution in [1.29, 1.82) is 0 Å². The van der Waals surface area contributed by atoms with Gasteiger partial charge in [0, 0.05) is 18.7 Å². The van der Waals surface area contributed by atoms with Gasteiger partial charge in [0.15, 0.2) is 0 Å². The normalized spacial score (nSPS) is 24.6. The van der Waals surface area contributed by atoms with Gasteiger partial charge in [-0.2, -0.15) is 0 Å². The lowest BCUT2D eigenvalue weighted by Gasteiger charge is -2.25. The molecular formula is C16H24FNO. The zero-order valence-electron chi connectivity index (χ0n) is 11.6. The average molecular weight is 265 g/mol. The second kappa shape index (κ2) is 7.01. The molecule has 0 aromatic heterocycles. The summed E-state index contributed by atoms with van der Waals surface area (Å²) >= 11 is 0. The molecule has 3 atom stereocenters. The maximum Gasteiger partial charge on any atom is 0.123 e. The van der Waals surface area contributed by atoms with Crippen LogP contribution in [0.3, 0.4) is 0 Å². The van der Waals surface area contributed by atoms with Gasteiger partial charge in [-0.1, -0.05) is 18.6 Å². The minimum Gasteiger partial charge on any atom is -0.396 e. The first-order chi connectivity index (χ1) is 9.20. The number of nitrogens with one attached hydrogen (secondary N) is 1. The van der Waals surface area contributed by atoms with Crippen LogP contribution >= 0.6 is 0 Å². The molecule has 0 saturated heterocycles. The Balaban J connectivity index is 1.94. The zero-order valence-corrected chi connectivity index (χ0v) is 11.6. The second-order valence-corrected chi connectivity index (χ2v) is 5.63. The molecule has 1 fully saturated rings. The lowest BCUT2D eigenvalue weighted by Crippen LogP contribution is -2.38. The van der Waals surface area contributed by atoms with E-state index in [1.165, 1.54) is 24.8 Å². The van der Waals surface area contributed by atoms with Crippen LogP contribution in [0.4, 0.5) is 4.39 Å². The maximum absolute atomic E-state index is 13.0. The Morgan fingerprint density at radius 1 is 1.32 bits per heavy atom. The molecule has 1 aromatic carbocycles. The Morgan fingerprint density at radius 3 is 2.74 bits per heavy atom. The van der Waals surface area contributed by atoms with Crippen LogP contribution in [0.1, 0.15) is 50.5 Å². The highest BCUT2D eigenvalue weighted by Crippen LogP contribution is 2.35. The monoisotopic (exact) mass is 265 g/mol. The molecule has 2 nitrogen and oxygen atoms in total. The summed E-state index contributed by atoms with van der Waals surface area (Å²) in [6.07, 6.45) is 5.44. The summed E-state index contributed by atoms with van der Waals surface area (Å²) in [6.45, 7) is 2.44. The third kappa shape index (κ3) is 4.02. The van der Waals surface area contributed by atoms with Crippen molar-refractivity contribution in [2.24, 2.45) is 0 Å². The molecule has 0 aliphatic heterocycles. The van der Waals surface area contributed by atoms with Crippen LogP contribution in [0, 0.1) is 5.82 Å². The molecule has 0 amide bonds. The third-order valence-corrected chi connectivity index (χ3v) is 4.11. The van der Waals surface area contributed by atoms with E-state index in [9.17, 15) is 4.39 Å². The summed E-state index contributed by atoms with van der Waals surface area (Å²) in [6, 6.07) is 7.86. The van der Waals surface area contributed by atoms with Gasteiger partial charge in [-0.05, 0) is 56.2 Å². The van der Waals surface area contributed by atoms with Crippen LogP contribution in [-0.4, -0.2) is 23.8 Å². The molecule has 3 heteroatoms. The predicted octanol–water partition coefficient (Wildman–Crippen LogP) is 3.21. The van der Waals surface area contributed by atoms with E-state index in [1.54, 1.807) is 12.1 Å². The van der Waals surface area contributed by atoms with Gasteiger partial charge in [0.2, 0.25) is 0 Å². The van der Waals surface area contributed by atoms with E-state index in [0.717, 1.165) is 12.8 Å². The highest BCUT2D eigenvalue weighted by atomic mass is 19.1. The van der Waals surface area contributed by atoms with Crippen LogP contribution < -0.4 is 5.32 Å². The Morgan fingerprint density at radius 2 is 2.05 bits per heavy atom. The quantitative estimate of drug-likeness (QED) is 0.828. The molecule has 0 spiro atoms. The van der Waals surface area contributed by atoms with Crippen LogP contribution in [-0.2, 0) is 0 Å². The molecule has 0 heterocycles. The summed E-state index contributed by atoms with van der Waals surface area (Å²) in [5, 5.41) is 12.5. The minimum atomic E-state index is -0.164. The lowest BCUT2D eigenvalue weighted by atomic mass is 9.93. The van der Waals surface area contributed by atoms with Gasteiger partial charge in [-0.15, -0.1) is 0 Å². The first kappa shape index (κ1) is 14.5. The molecule has 0 bridgehead atoms. The molecule has 1 aromatic rings. The summed E-state index contributed by atoms with van der Waals surface area (Å²) in [5.41, 5.74) is 1.24. The molecule has 2 N–H and O–H groups in total. The first-order valence-electron chi connectivity index (χ1n) is 7.33. The standard InChI is InChI=1S/C16H24FNO/c1-12(4-3-11-19)18-16-6-2-5-15(16)13-7-9-14(17)10-8-13/h7-10,12,15-16,18-19H,2-6,11H2,1H3. The highest BCUT2D eigenvalue weighted by molar-refractivity contribution is 5.23. The van der Waals surface area contributed by atoms with Crippen LogP contribution in [0.15, 0.2) is 24.3 Å². The number of aliphatic hydroxyl groups is 1. The highest BCUT2D eigenvalue weighted by Gasteiger charge is 2.29. The SMILES string of the molecule is CC(CCCO)NC1CCCC1c1ccc(F)cc1. The van der Waals surface area contributed by atoms with Gasteiger partial charge in [0.1, 0.15) is 5.82 Å². The first-order valence-corrected chi connectivity index (χ1v) is 7.33. The molecular weight excluding hydrogens is 241 g/mol. The molecule has 19 heavy (non-hydrogen) atoms. The predicted molar refractivity (Wildman–Crippen MR) is 75.7 cm³/mol. The fraction of sp³-hybridized carbons (Fsp3) is 0.625. The van der Waals surface area contributed by atoms with Crippen LogP contribution in [0.25, 0.3) is 0 Å². The minimum absolute atomic E-state index is 0.164. The van der Waals surface area contributed by atoms with Crippen molar-refractivity contribution in [3.63, 3.8) is 0 Å². The second-order valence-electron chi connectivity index (χ2n) is 5.63. The Labute approximate surface area is 115 Å². The number of benzene rings is 1. The van der Waals surface area contributed by atoms with E-state index in [-0.39, 0.29) is 12.4 Å². The molecule has 3 unspecified atom stereocenters. The summed E-state index contributed by atoms with van der Waals surface area (Å²) in [5.74, 6) is 0.333. The van der Waals surface area contributed by atoms with Gasteiger partial charge >= 0.3 is 0 Å². The fourth-order valence-corrected chi connectivity index (χ4v) is 3.11. The number of hydrogen-bond donors (Lipinski definition) is 2. The van der Waals surface area contributed by atoms with Gasteiger partial charge in [-0.25, -0.2) is 4.39 Å². The van der Waals surface area contributed by atoms with E-state index in [2.05, 4.69) is 12.2 Å². The number of halogens is 1. The Bertz CT molecular complexity index is 379. The molecule has 1 aliphatic carbocycles.